The Balaban J connectivity index is 2.69. The summed E-state index contributed by atoms with van der Waals surface area (Å²) < 4.78 is 10.2. The second kappa shape index (κ2) is 6.57. The van der Waals surface area contributed by atoms with Gasteiger partial charge in [0.15, 0.2) is 6.29 Å². The highest BCUT2D eigenvalue weighted by Crippen LogP contribution is 2.23. The molecule has 1 heterocycles. The van der Waals surface area contributed by atoms with Gasteiger partial charge >= 0.3 is 5.97 Å². The predicted molar refractivity (Wildman–Crippen MR) is 59.9 cm³/mol. The highest BCUT2D eigenvalue weighted by molar-refractivity contribution is 5.73. The van der Waals surface area contributed by atoms with Gasteiger partial charge in [-0.1, -0.05) is 0 Å². The number of aliphatic hydroxyl groups excluding tert-OH is 4. The van der Waals surface area contributed by atoms with Crippen molar-refractivity contribution in [3.63, 3.8) is 0 Å². The number of carboxylic acids is 1. The van der Waals surface area contributed by atoms with Crippen LogP contribution < -0.4 is 5.73 Å². The molecule has 7 atom stereocenters. The molecular formula is C10H19NO8. The van der Waals surface area contributed by atoms with Gasteiger partial charge in [0, 0.05) is 0 Å². The van der Waals surface area contributed by atoms with E-state index in [9.17, 15) is 20.1 Å². The highest BCUT2D eigenvalue weighted by Gasteiger charge is 2.45. The summed E-state index contributed by atoms with van der Waals surface area (Å²) in [4.78, 5) is 10.7. The van der Waals surface area contributed by atoms with Crippen LogP contribution in [0.2, 0.25) is 0 Å². The summed E-state index contributed by atoms with van der Waals surface area (Å²) in [5.41, 5.74) is 5.33. The van der Waals surface area contributed by atoms with Crippen LogP contribution in [0, 0.1) is 0 Å². The average Bonchev–Trinajstić information content (AvgIpc) is 2.38. The number of hydrogen-bond acceptors (Lipinski definition) is 8. The molecule has 1 fully saturated rings. The molecule has 1 aliphatic rings. The van der Waals surface area contributed by atoms with E-state index in [2.05, 4.69) is 0 Å². The van der Waals surface area contributed by atoms with Crippen LogP contribution in [-0.4, -0.2) is 81.0 Å². The number of carboxylic acid groups (broad SMARTS) is 1. The summed E-state index contributed by atoms with van der Waals surface area (Å²) in [5.74, 6) is -1.29. The molecule has 9 heteroatoms. The first-order chi connectivity index (χ1) is 8.79. The number of hydrogen-bond donors (Lipinski definition) is 6. The van der Waals surface area contributed by atoms with E-state index >= 15 is 0 Å². The van der Waals surface area contributed by atoms with Gasteiger partial charge in [-0.25, -0.2) is 0 Å². The monoisotopic (exact) mass is 281 g/mol. The van der Waals surface area contributed by atoms with Crippen molar-refractivity contribution < 1.29 is 39.8 Å². The lowest BCUT2D eigenvalue weighted by molar-refractivity contribution is -0.310. The molecule has 0 spiro atoms. The molecule has 0 amide bonds. The molecule has 0 unspecified atom stereocenters. The number of aliphatic hydroxyl groups is 4. The summed E-state index contributed by atoms with van der Waals surface area (Å²) in [5, 5.41) is 46.4. The van der Waals surface area contributed by atoms with Gasteiger partial charge in [0.2, 0.25) is 0 Å². The normalized spacial score (nSPS) is 38.7. The standard InChI is InChI=1S/C10H19NO8/c1-3(5(11)9(16)17)18-10-8(15)7(14)6(13)4(2-12)19-10/h3-8,10,12-15H,2,11H2,1H3,(H,16,17)/t3-,4-,5+,6-,7+,8-,10+/m1/s1. The Labute approximate surface area is 109 Å². The van der Waals surface area contributed by atoms with E-state index in [-0.39, 0.29) is 0 Å². The lowest BCUT2D eigenvalue weighted by Gasteiger charge is -2.40. The van der Waals surface area contributed by atoms with E-state index in [1.807, 2.05) is 0 Å². The van der Waals surface area contributed by atoms with Gasteiger partial charge in [0.1, 0.15) is 30.5 Å². The minimum atomic E-state index is -1.58. The minimum Gasteiger partial charge on any atom is -0.480 e. The summed E-state index contributed by atoms with van der Waals surface area (Å²) in [6, 6.07) is -1.34. The van der Waals surface area contributed by atoms with Gasteiger partial charge in [-0.05, 0) is 6.92 Å². The smallest absolute Gasteiger partial charge is 0.323 e. The zero-order valence-electron chi connectivity index (χ0n) is 10.3. The van der Waals surface area contributed by atoms with Crippen LogP contribution in [-0.2, 0) is 14.3 Å². The largest absolute Gasteiger partial charge is 0.480 e. The molecule has 1 rings (SSSR count). The van der Waals surface area contributed by atoms with Crippen molar-refractivity contribution in [2.24, 2.45) is 5.73 Å². The summed E-state index contributed by atoms with van der Waals surface area (Å²) in [6.07, 6.45) is -8.17. The fourth-order valence-electron chi connectivity index (χ4n) is 1.68. The fourth-order valence-corrected chi connectivity index (χ4v) is 1.68. The maximum absolute atomic E-state index is 10.7. The molecule has 7 N–H and O–H groups in total. The summed E-state index contributed by atoms with van der Waals surface area (Å²) in [6.45, 7) is 0.768. The molecule has 0 radical (unpaired) electrons. The molecule has 0 aromatic heterocycles. The Hall–Kier alpha value is -0.810. The summed E-state index contributed by atoms with van der Waals surface area (Å²) in [7, 11) is 0. The van der Waals surface area contributed by atoms with Gasteiger partial charge in [0.25, 0.3) is 0 Å². The van der Waals surface area contributed by atoms with Crippen molar-refractivity contribution in [3.8, 4) is 0 Å². The molecule has 112 valence electrons. The maximum Gasteiger partial charge on any atom is 0.323 e. The zero-order chi connectivity index (χ0) is 14.7. The lowest BCUT2D eigenvalue weighted by atomic mass is 9.99. The van der Waals surface area contributed by atoms with E-state index in [0.29, 0.717) is 0 Å². The van der Waals surface area contributed by atoms with Crippen molar-refractivity contribution in [2.75, 3.05) is 6.61 Å². The van der Waals surface area contributed by atoms with Crippen LogP contribution in [0.3, 0.4) is 0 Å². The minimum absolute atomic E-state index is 0.593. The predicted octanol–water partition coefficient (Wildman–Crippen LogP) is -3.40. The maximum atomic E-state index is 10.7. The Morgan fingerprint density at radius 1 is 1.32 bits per heavy atom. The molecule has 19 heavy (non-hydrogen) atoms. The van der Waals surface area contributed by atoms with Crippen LogP contribution in [0.5, 0.6) is 0 Å². The molecule has 1 saturated heterocycles. The first kappa shape index (κ1) is 16.2. The first-order valence-electron chi connectivity index (χ1n) is 5.74. The Morgan fingerprint density at radius 3 is 2.37 bits per heavy atom. The van der Waals surface area contributed by atoms with E-state index in [4.69, 9.17) is 25.4 Å². The second-order valence-electron chi connectivity index (χ2n) is 4.40. The number of ether oxygens (including phenoxy) is 2. The number of nitrogens with two attached hydrogens (primary N) is 1. The van der Waals surface area contributed by atoms with Crippen molar-refractivity contribution in [3.05, 3.63) is 0 Å². The quantitative estimate of drug-likeness (QED) is 0.301. The van der Waals surface area contributed by atoms with Gasteiger partial charge < -0.3 is 40.7 Å². The summed E-state index contributed by atoms with van der Waals surface area (Å²) >= 11 is 0. The lowest BCUT2D eigenvalue weighted by Crippen LogP contribution is -2.60. The molecule has 9 nitrogen and oxygen atoms in total. The Morgan fingerprint density at radius 2 is 1.89 bits per heavy atom. The van der Waals surface area contributed by atoms with Crippen LogP contribution in [0.4, 0.5) is 0 Å². The first-order valence-corrected chi connectivity index (χ1v) is 5.74. The van der Waals surface area contributed by atoms with Gasteiger partial charge in [-0.2, -0.15) is 0 Å². The molecule has 1 aliphatic heterocycles. The number of aliphatic carboxylic acids is 1. The van der Waals surface area contributed by atoms with Crippen LogP contribution in [0.25, 0.3) is 0 Å². The fraction of sp³-hybridized carbons (Fsp3) is 0.900. The third kappa shape index (κ3) is 3.60. The van der Waals surface area contributed by atoms with Gasteiger partial charge in [-0.15, -0.1) is 0 Å². The third-order valence-corrected chi connectivity index (χ3v) is 2.99. The van der Waals surface area contributed by atoms with Crippen LogP contribution in [0.1, 0.15) is 6.92 Å². The molecule has 0 aromatic carbocycles. The van der Waals surface area contributed by atoms with Crippen molar-refractivity contribution in [2.45, 2.75) is 49.8 Å². The molecule has 0 saturated carbocycles. The van der Waals surface area contributed by atoms with Crippen molar-refractivity contribution in [1.29, 1.82) is 0 Å². The average molecular weight is 281 g/mol. The van der Waals surface area contributed by atoms with Crippen LogP contribution in [0.15, 0.2) is 0 Å². The Bertz CT molecular complexity index is 312. The molecule has 0 aliphatic carbocycles. The van der Waals surface area contributed by atoms with E-state index in [1.165, 1.54) is 6.92 Å². The third-order valence-electron chi connectivity index (χ3n) is 2.99. The number of carbonyl (C=O) groups is 1. The topological polar surface area (TPSA) is 163 Å². The number of rotatable bonds is 5. The molecule has 0 bridgehead atoms. The molecular weight excluding hydrogens is 262 g/mol. The van der Waals surface area contributed by atoms with E-state index in [1.54, 1.807) is 0 Å². The van der Waals surface area contributed by atoms with Crippen LogP contribution >= 0.6 is 0 Å². The van der Waals surface area contributed by atoms with Crippen molar-refractivity contribution >= 4 is 5.97 Å². The van der Waals surface area contributed by atoms with E-state index in [0.717, 1.165) is 0 Å². The Kier molecular flexibility index (Phi) is 5.62. The van der Waals surface area contributed by atoms with Gasteiger partial charge in [-0.3, -0.25) is 4.79 Å². The second-order valence-corrected chi connectivity index (χ2v) is 4.40. The van der Waals surface area contributed by atoms with Crippen molar-refractivity contribution in [1.82, 2.24) is 0 Å². The SMILES string of the molecule is C[C@@H](O[C@H]1O[C@H](CO)[C@@H](O)[C@H](O)[C@H]1O)[C@H](N)C(=O)O. The van der Waals surface area contributed by atoms with Gasteiger partial charge in [0.05, 0.1) is 12.7 Å². The zero-order valence-corrected chi connectivity index (χ0v) is 10.3. The van der Waals surface area contributed by atoms with E-state index < -0.39 is 55.4 Å². The molecule has 0 aromatic rings. The highest BCUT2D eigenvalue weighted by atomic mass is 16.7.